The number of rotatable bonds is 10. The molecule has 7 heteroatoms. The molecule has 0 saturated carbocycles. The van der Waals surface area contributed by atoms with Crippen molar-refractivity contribution in [1.29, 1.82) is 0 Å². The van der Waals surface area contributed by atoms with Crippen LogP contribution in [-0.4, -0.2) is 29.9 Å². The lowest BCUT2D eigenvalue weighted by Gasteiger charge is -2.17. The van der Waals surface area contributed by atoms with Crippen molar-refractivity contribution in [3.8, 4) is 11.5 Å². The van der Waals surface area contributed by atoms with Crippen molar-refractivity contribution in [1.82, 2.24) is 4.90 Å². The molecule has 2 amide bonds. The molecule has 0 bridgehead atoms. The minimum absolute atomic E-state index is 0.130. The third kappa shape index (κ3) is 4.50. The minimum Gasteiger partial charge on any atom is -0.618 e. The predicted octanol–water partition coefficient (Wildman–Crippen LogP) is 3.47. The van der Waals surface area contributed by atoms with E-state index >= 15 is 0 Å². The van der Waals surface area contributed by atoms with Crippen LogP contribution in [0.4, 0.5) is 0 Å². The summed E-state index contributed by atoms with van der Waals surface area (Å²) in [6.07, 6.45) is 4.99. The lowest BCUT2D eigenvalue weighted by molar-refractivity contribution is -0.615. The number of imide groups is 1. The number of hydrogen-bond donors (Lipinski definition) is 0. The molecule has 2 aromatic rings. The number of pyridine rings is 1. The summed E-state index contributed by atoms with van der Waals surface area (Å²) < 4.78 is 12.2. The Hall–Kier alpha value is -3.09. The molecule has 29 heavy (non-hydrogen) atoms. The number of fused-ring (bicyclic) bond motifs is 1. The van der Waals surface area contributed by atoms with Crippen LogP contribution in [-0.2, 0) is 6.54 Å². The highest BCUT2D eigenvalue weighted by Crippen LogP contribution is 2.29. The van der Waals surface area contributed by atoms with E-state index in [2.05, 4.69) is 13.8 Å². The number of benzene rings is 1. The van der Waals surface area contributed by atoms with Gasteiger partial charge in [-0.25, -0.2) is 0 Å². The van der Waals surface area contributed by atoms with Crippen LogP contribution < -0.4 is 14.2 Å². The van der Waals surface area contributed by atoms with Gasteiger partial charge in [0.2, 0.25) is 17.6 Å². The molecule has 0 aliphatic carbocycles. The van der Waals surface area contributed by atoms with E-state index in [1.807, 2.05) is 0 Å². The fourth-order valence-corrected chi connectivity index (χ4v) is 3.07. The van der Waals surface area contributed by atoms with E-state index in [0.29, 0.717) is 40.6 Å². The maximum Gasteiger partial charge on any atom is 0.262 e. The SMILES string of the molecule is CCCCOc1cc(CN2C(=O)c3ccccc3C2=O)[n+]([O-])cc1OCCCC. The molecule has 0 N–H and O–H groups in total. The van der Waals surface area contributed by atoms with Crippen molar-refractivity contribution >= 4 is 11.8 Å². The molecular formula is C22H26N2O5. The van der Waals surface area contributed by atoms with Crippen molar-refractivity contribution in [2.45, 2.75) is 46.1 Å². The number of aromatic nitrogens is 1. The third-order valence-electron chi connectivity index (χ3n) is 4.77. The first kappa shape index (κ1) is 20.6. The number of amides is 2. The van der Waals surface area contributed by atoms with Gasteiger partial charge in [0.15, 0.2) is 5.75 Å². The summed E-state index contributed by atoms with van der Waals surface area (Å²) in [6, 6.07) is 8.22. The van der Waals surface area contributed by atoms with E-state index in [1.165, 1.54) is 6.20 Å². The van der Waals surface area contributed by atoms with Gasteiger partial charge in [0.25, 0.3) is 11.8 Å². The highest BCUT2D eigenvalue weighted by molar-refractivity contribution is 6.21. The zero-order valence-corrected chi connectivity index (χ0v) is 16.8. The van der Waals surface area contributed by atoms with Gasteiger partial charge in [-0.15, -0.1) is 0 Å². The molecule has 1 aromatic heterocycles. The van der Waals surface area contributed by atoms with E-state index in [4.69, 9.17) is 9.47 Å². The highest BCUT2D eigenvalue weighted by atomic mass is 16.5. The van der Waals surface area contributed by atoms with Gasteiger partial charge in [0, 0.05) is 0 Å². The average Bonchev–Trinajstić information content (AvgIpc) is 2.96. The fraction of sp³-hybridized carbons (Fsp3) is 0.409. The Morgan fingerprint density at radius 1 is 0.931 bits per heavy atom. The van der Waals surface area contributed by atoms with Gasteiger partial charge in [0.1, 0.15) is 6.54 Å². The Kier molecular flexibility index (Phi) is 6.69. The Balaban J connectivity index is 1.84. The zero-order chi connectivity index (χ0) is 20.8. The summed E-state index contributed by atoms with van der Waals surface area (Å²) in [5.74, 6) is 0.0218. The Labute approximate surface area is 170 Å². The van der Waals surface area contributed by atoms with Gasteiger partial charge in [-0.3, -0.25) is 14.5 Å². The van der Waals surface area contributed by atoms with E-state index in [9.17, 15) is 14.8 Å². The van der Waals surface area contributed by atoms with Gasteiger partial charge in [-0.1, -0.05) is 38.8 Å². The summed E-state index contributed by atoms with van der Waals surface area (Å²) in [7, 11) is 0. The Morgan fingerprint density at radius 2 is 1.48 bits per heavy atom. The quantitative estimate of drug-likeness (QED) is 0.265. The average molecular weight is 398 g/mol. The number of nitrogens with zero attached hydrogens (tertiary/aromatic N) is 2. The molecule has 0 radical (unpaired) electrons. The minimum atomic E-state index is -0.401. The summed E-state index contributed by atoms with van der Waals surface area (Å²) in [5, 5.41) is 12.6. The van der Waals surface area contributed by atoms with Gasteiger partial charge >= 0.3 is 0 Å². The van der Waals surface area contributed by atoms with Crippen LogP contribution in [0.25, 0.3) is 0 Å². The molecule has 0 atom stereocenters. The second kappa shape index (κ2) is 9.41. The number of ether oxygens (including phenoxy) is 2. The topological polar surface area (TPSA) is 82.8 Å². The Bertz CT molecular complexity index is 862. The van der Waals surface area contributed by atoms with Crippen molar-refractivity contribution in [3.63, 3.8) is 0 Å². The molecule has 0 unspecified atom stereocenters. The van der Waals surface area contributed by atoms with E-state index < -0.39 is 11.8 Å². The summed E-state index contributed by atoms with van der Waals surface area (Å²) >= 11 is 0. The van der Waals surface area contributed by atoms with Crippen molar-refractivity contribution < 1.29 is 23.8 Å². The number of unbranched alkanes of at least 4 members (excludes halogenated alkanes) is 2. The first-order chi connectivity index (χ1) is 14.1. The Morgan fingerprint density at radius 3 is 2.03 bits per heavy atom. The zero-order valence-electron chi connectivity index (χ0n) is 16.8. The van der Waals surface area contributed by atoms with Gasteiger partial charge in [-0.05, 0) is 25.0 Å². The van der Waals surface area contributed by atoms with Crippen LogP contribution in [0.1, 0.15) is 65.9 Å². The van der Waals surface area contributed by atoms with E-state index in [0.717, 1.165) is 30.6 Å². The first-order valence-electron chi connectivity index (χ1n) is 10.0. The van der Waals surface area contributed by atoms with Crippen LogP contribution in [0.15, 0.2) is 36.5 Å². The van der Waals surface area contributed by atoms with Crippen LogP contribution in [0.2, 0.25) is 0 Å². The summed E-state index contributed by atoms with van der Waals surface area (Å²) in [4.78, 5) is 26.3. The van der Waals surface area contributed by atoms with Crippen molar-refractivity contribution in [3.05, 3.63) is 58.6 Å². The first-order valence-corrected chi connectivity index (χ1v) is 10.0. The molecule has 0 saturated heterocycles. The van der Waals surface area contributed by atoms with Crippen molar-refractivity contribution in [2.24, 2.45) is 0 Å². The smallest absolute Gasteiger partial charge is 0.262 e. The monoisotopic (exact) mass is 398 g/mol. The molecule has 1 aliphatic rings. The van der Waals surface area contributed by atoms with Crippen LogP contribution >= 0.6 is 0 Å². The fourth-order valence-electron chi connectivity index (χ4n) is 3.07. The molecule has 2 heterocycles. The number of carbonyl (C=O) groups is 2. The maximum absolute atomic E-state index is 12.6. The number of carbonyl (C=O) groups excluding carboxylic acids is 2. The molecule has 0 spiro atoms. The van der Waals surface area contributed by atoms with E-state index in [-0.39, 0.29) is 12.2 Å². The van der Waals surface area contributed by atoms with Gasteiger partial charge in [-0.2, -0.15) is 4.73 Å². The largest absolute Gasteiger partial charge is 0.618 e. The lowest BCUT2D eigenvalue weighted by atomic mass is 10.1. The number of hydrogen-bond acceptors (Lipinski definition) is 5. The van der Waals surface area contributed by atoms with Crippen LogP contribution in [0, 0.1) is 5.21 Å². The summed E-state index contributed by atoms with van der Waals surface area (Å²) in [6.45, 7) is 4.97. The normalized spacial score (nSPS) is 13.0. The second-order valence-corrected chi connectivity index (χ2v) is 6.97. The third-order valence-corrected chi connectivity index (χ3v) is 4.77. The van der Waals surface area contributed by atoms with Gasteiger partial charge in [0.05, 0.1) is 30.4 Å². The highest BCUT2D eigenvalue weighted by Gasteiger charge is 2.36. The van der Waals surface area contributed by atoms with Crippen molar-refractivity contribution in [2.75, 3.05) is 13.2 Å². The van der Waals surface area contributed by atoms with Gasteiger partial charge < -0.3 is 14.7 Å². The summed E-state index contributed by atoms with van der Waals surface area (Å²) in [5.41, 5.74) is 0.955. The van der Waals surface area contributed by atoms with E-state index in [1.54, 1.807) is 30.3 Å². The molecular weight excluding hydrogens is 372 g/mol. The second-order valence-electron chi connectivity index (χ2n) is 6.97. The molecule has 1 aliphatic heterocycles. The molecule has 3 rings (SSSR count). The van der Waals surface area contributed by atoms with Crippen LogP contribution in [0.5, 0.6) is 11.5 Å². The molecule has 154 valence electrons. The molecule has 1 aromatic carbocycles. The molecule has 7 nitrogen and oxygen atoms in total. The standard InChI is InChI=1S/C22H26N2O5/c1-3-5-11-28-19-13-16(24(27)15-20(19)29-12-6-4-2)14-23-21(25)17-9-7-8-10-18(17)22(23)26/h7-10,13,15H,3-6,11-12,14H2,1-2H3. The molecule has 0 fully saturated rings. The van der Waals surface area contributed by atoms with Crippen LogP contribution in [0.3, 0.4) is 0 Å². The predicted molar refractivity (Wildman–Crippen MR) is 107 cm³/mol. The maximum atomic E-state index is 12.6. The lowest BCUT2D eigenvalue weighted by Crippen LogP contribution is -2.38.